The van der Waals surface area contributed by atoms with Crippen LogP contribution in [-0.4, -0.2) is 32.3 Å². The molecule has 1 aromatic carbocycles. The lowest BCUT2D eigenvalue weighted by Crippen LogP contribution is -2.37. The van der Waals surface area contributed by atoms with Crippen LogP contribution in [0.4, 0.5) is 0 Å². The van der Waals surface area contributed by atoms with Crippen molar-refractivity contribution in [1.29, 1.82) is 0 Å². The predicted molar refractivity (Wildman–Crippen MR) is 78.5 cm³/mol. The summed E-state index contributed by atoms with van der Waals surface area (Å²) in [6, 6.07) is 9.13. The van der Waals surface area contributed by atoms with Gasteiger partial charge >= 0.3 is 0 Å². The Hall–Kier alpha value is -2.32. The van der Waals surface area contributed by atoms with E-state index < -0.39 is 22.5 Å². The average molecular weight is 324 g/mol. The quantitative estimate of drug-likeness (QED) is 0.817. The number of nitrogens with zero attached hydrogens (tertiary/aromatic N) is 1. The number of benzene rings is 1. The molecule has 1 heterocycles. The molecule has 0 spiro atoms. The van der Waals surface area contributed by atoms with Gasteiger partial charge in [-0.1, -0.05) is 0 Å². The summed E-state index contributed by atoms with van der Waals surface area (Å²) in [4.78, 5) is 11.2. The highest BCUT2D eigenvalue weighted by atomic mass is 32.2. The minimum Gasteiger partial charge on any atom is -0.497 e. The normalized spacial score (nSPS) is 11.5. The molecule has 2 rings (SSSR count). The number of ether oxygens (including phenoxy) is 1. The Morgan fingerprint density at radius 2 is 1.95 bits per heavy atom. The smallest absolute Gasteiger partial charge is 0.243 e. The van der Waals surface area contributed by atoms with E-state index in [1.54, 1.807) is 12.1 Å². The summed E-state index contributed by atoms with van der Waals surface area (Å²) < 4.78 is 36.4. The van der Waals surface area contributed by atoms with E-state index in [0.717, 1.165) is 4.31 Å². The Balaban J connectivity index is 2.32. The van der Waals surface area contributed by atoms with Crippen molar-refractivity contribution in [3.63, 3.8) is 0 Å². The monoisotopic (exact) mass is 324 g/mol. The number of primary amides is 1. The Kier molecular flexibility index (Phi) is 4.84. The number of nitrogens with two attached hydrogens (primary N) is 1. The summed E-state index contributed by atoms with van der Waals surface area (Å²) >= 11 is 0. The first-order chi connectivity index (χ1) is 10.4. The van der Waals surface area contributed by atoms with Crippen LogP contribution < -0.4 is 10.5 Å². The first-order valence-electron chi connectivity index (χ1n) is 6.38. The zero-order chi connectivity index (χ0) is 16.2. The maximum absolute atomic E-state index is 12.6. The second-order valence-electron chi connectivity index (χ2n) is 4.49. The molecule has 0 saturated heterocycles. The van der Waals surface area contributed by atoms with Crippen molar-refractivity contribution in [1.82, 2.24) is 4.31 Å². The van der Waals surface area contributed by atoms with Crippen LogP contribution in [0.15, 0.2) is 52.0 Å². The molecule has 1 amide bonds. The van der Waals surface area contributed by atoms with Crippen LogP contribution >= 0.6 is 0 Å². The van der Waals surface area contributed by atoms with Gasteiger partial charge in [-0.25, -0.2) is 8.42 Å². The van der Waals surface area contributed by atoms with Gasteiger partial charge in [-0.15, -0.1) is 0 Å². The second-order valence-corrected chi connectivity index (χ2v) is 6.43. The van der Waals surface area contributed by atoms with Gasteiger partial charge in [0, 0.05) is 0 Å². The van der Waals surface area contributed by atoms with Crippen LogP contribution in [0.25, 0.3) is 0 Å². The van der Waals surface area contributed by atoms with Crippen molar-refractivity contribution >= 4 is 15.9 Å². The minimum absolute atomic E-state index is 0.0427. The molecule has 0 radical (unpaired) electrons. The standard InChI is InChI=1S/C14H16N2O5S/c1-20-11-4-6-13(7-5-11)22(18,19)16(10-14(15)17)9-12-3-2-8-21-12/h2-8H,9-10H2,1H3,(H2,15,17). The molecule has 0 atom stereocenters. The van der Waals surface area contributed by atoms with Gasteiger partial charge in [-0.3, -0.25) is 4.79 Å². The lowest BCUT2D eigenvalue weighted by molar-refractivity contribution is -0.118. The number of methoxy groups -OCH3 is 1. The fourth-order valence-electron chi connectivity index (χ4n) is 1.87. The van der Waals surface area contributed by atoms with Gasteiger partial charge in [0.05, 0.1) is 31.4 Å². The van der Waals surface area contributed by atoms with Crippen LogP contribution in [0, 0.1) is 0 Å². The van der Waals surface area contributed by atoms with Crippen molar-refractivity contribution in [2.24, 2.45) is 5.73 Å². The Bertz CT molecular complexity index is 723. The van der Waals surface area contributed by atoms with Crippen LogP contribution in [0.2, 0.25) is 0 Å². The van der Waals surface area contributed by atoms with Crippen LogP contribution in [0.1, 0.15) is 5.76 Å². The number of rotatable bonds is 7. The molecule has 8 heteroatoms. The van der Waals surface area contributed by atoms with Gasteiger partial charge in [-0.2, -0.15) is 4.31 Å². The van der Waals surface area contributed by atoms with Gasteiger partial charge < -0.3 is 14.9 Å². The zero-order valence-electron chi connectivity index (χ0n) is 11.9. The Morgan fingerprint density at radius 1 is 1.27 bits per heavy atom. The third kappa shape index (κ3) is 3.66. The maximum Gasteiger partial charge on any atom is 0.243 e. The van der Waals surface area contributed by atoms with Gasteiger partial charge in [-0.05, 0) is 36.4 Å². The van der Waals surface area contributed by atoms with Crippen molar-refractivity contribution in [2.45, 2.75) is 11.4 Å². The summed E-state index contributed by atoms with van der Waals surface area (Å²) in [6.45, 7) is -0.515. The van der Waals surface area contributed by atoms with E-state index in [1.165, 1.54) is 37.6 Å². The lowest BCUT2D eigenvalue weighted by Gasteiger charge is -2.19. The summed E-state index contributed by atoms with van der Waals surface area (Å²) in [6.07, 6.45) is 1.43. The molecule has 0 saturated carbocycles. The van der Waals surface area contributed by atoms with E-state index in [2.05, 4.69) is 0 Å². The van der Waals surface area contributed by atoms with Gasteiger partial charge in [0.25, 0.3) is 0 Å². The lowest BCUT2D eigenvalue weighted by atomic mass is 10.3. The van der Waals surface area contributed by atoms with Crippen LogP contribution in [-0.2, 0) is 21.4 Å². The number of furan rings is 1. The molecule has 2 N–H and O–H groups in total. The molecular formula is C14H16N2O5S. The Morgan fingerprint density at radius 3 is 2.45 bits per heavy atom. The van der Waals surface area contributed by atoms with E-state index >= 15 is 0 Å². The number of hydrogen-bond donors (Lipinski definition) is 1. The highest BCUT2D eigenvalue weighted by Crippen LogP contribution is 2.21. The van der Waals surface area contributed by atoms with E-state index in [9.17, 15) is 13.2 Å². The van der Waals surface area contributed by atoms with Gasteiger partial charge in [0.15, 0.2) is 0 Å². The van der Waals surface area contributed by atoms with E-state index in [-0.39, 0.29) is 11.4 Å². The third-order valence-corrected chi connectivity index (χ3v) is 4.75. The average Bonchev–Trinajstić information content (AvgIpc) is 2.99. The fourth-order valence-corrected chi connectivity index (χ4v) is 3.25. The first-order valence-corrected chi connectivity index (χ1v) is 7.82. The number of carbonyl (C=O) groups is 1. The highest BCUT2D eigenvalue weighted by Gasteiger charge is 2.27. The number of sulfonamides is 1. The zero-order valence-corrected chi connectivity index (χ0v) is 12.7. The number of hydrogen-bond acceptors (Lipinski definition) is 5. The second kappa shape index (κ2) is 6.63. The number of carbonyl (C=O) groups excluding carboxylic acids is 1. The SMILES string of the molecule is COc1ccc(S(=O)(=O)N(CC(N)=O)Cc2ccco2)cc1. The molecule has 2 aromatic rings. The van der Waals surface area contributed by atoms with Crippen molar-refractivity contribution in [3.8, 4) is 5.75 Å². The summed E-state index contributed by atoms with van der Waals surface area (Å²) in [5.74, 6) is 0.202. The molecule has 0 aliphatic heterocycles. The maximum atomic E-state index is 12.6. The molecule has 0 aliphatic carbocycles. The van der Waals surface area contributed by atoms with Crippen molar-refractivity contribution in [3.05, 3.63) is 48.4 Å². The molecule has 0 bridgehead atoms. The molecule has 0 aliphatic rings. The molecule has 7 nitrogen and oxygen atoms in total. The summed E-state index contributed by atoms with van der Waals surface area (Å²) in [5.41, 5.74) is 5.15. The molecule has 0 fully saturated rings. The van der Waals surface area contributed by atoms with Gasteiger partial charge in [0.1, 0.15) is 11.5 Å². The summed E-state index contributed by atoms with van der Waals surface area (Å²) in [5, 5.41) is 0. The topological polar surface area (TPSA) is 103 Å². The molecule has 22 heavy (non-hydrogen) atoms. The van der Waals surface area contributed by atoms with Gasteiger partial charge in [0.2, 0.25) is 15.9 Å². The highest BCUT2D eigenvalue weighted by molar-refractivity contribution is 7.89. The fraction of sp³-hybridized carbons (Fsp3) is 0.214. The first kappa shape index (κ1) is 16.1. The minimum atomic E-state index is -3.88. The molecule has 0 unspecified atom stereocenters. The Labute approximate surface area is 128 Å². The molecule has 1 aromatic heterocycles. The van der Waals surface area contributed by atoms with Crippen molar-refractivity contribution < 1.29 is 22.4 Å². The van der Waals surface area contributed by atoms with E-state index in [0.29, 0.717) is 11.5 Å². The van der Waals surface area contributed by atoms with E-state index in [1.807, 2.05) is 0 Å². The van der Waals surface area contributed by atoms with E-state index in [4.69, 9.17) is 14.9 Å². The third-order valence-electron chi connectivity index (χ3n) is 2.94. The summed E-state index contributed by atoms with van der Waals surface area (Å²) in [7, 11) is -2.39. The van der Waals surface area contributed by atoms with Crippen molar-refractivity contribution in [2.75, 3.05) is 13.7 Å². The van der Waals surface area contributed by atoms with Crippen LogP contribution in [0.5, 0.6) is 5.75 Å². The number of amides is 1. The molecular weight excluding hydrogens is 308 g/mol. The predicted octanol–water partition coefficient (Wildman–Crippen LogP) is 0.964. The molecule has 118 valence electrons. The largest absolute Gasteiger partial charge is 0.497 e. The van der Waals surface area contributed by atoms with Crippen LogP contribution in [0.3, 0.4) is 0 Å².